The maximum Gasteiger partial charge on any atom is 0.410 e. The van der Waals surface area contributed by atoms with E-state index >= 15 is 0 Å². The number of fused-ring (bicyclic) bond motifs is 1. The summed E-state index contributed by atoms with van der Waals surface area (Å²) < 4.78 is 29.7. The lowest BCUT2D eigenvalue weighted by molar-refractivity contribution is 0.199. The summed E-state index contributed by atoms with van der Waals surface area (Å²) in [5, 5.41) is 11.3. The van der Waals surface area contributed by atoms with Crippen LogP contribution >= 0.6 is 26.4 Å². The van der Waals surface area contributed by atoms with Crippen LogP contribution in [0.4, 0.5) is 9.18 Å². The Morgan fingerprint density at radius 3 is 2.68 bits per heavy atom. The molecule has 154 valence electrons. The number of nitrogens with zero attached hydrogens (tertiary/aromatic N) is 2. The second-order valence-electron chi connectivity index (χ2n) is 8.65. The molecule has 1 amide bonds. The van der Waals surface area contributed by atoms with E-state index in [9.17, 15) is 18.8 Å². The first kappa shape index (κ1) is 20.1. The number of halogens is 2. The van der Waals surface area contributed by atoms with Gasteiger partial charge in [0.25, 0.3) is 0 Å². The average molecular weight is 475 g/mol. The minimum absolute atomic E-state index is 0.0942. The molecule has 4 N–H and O–H groups in total. The Bertz CT molecular complexity index is 894. The van der Waals surface area contributed by atoms with Crippen molar-refractivity contribution < 1.29 is 18.8 Å². The van der Waals surface area contributed by atoms with Crippen molar-refractivity contribution in [1.29, 1.82) is 0 Å². The van der Waals surface area contributed by atoms with Crippen LogP contribution in [0.1, 0.15) is 45.7 Å². The Morgan fingerprint density at radius 1 is 1.39 bits per heavy atom. The standard InChI is InChI=1S/C18H24BrFN4O3S/c1-16(2)14(23-15(25)26)24-17(3,13-10(20)4-5-12(19)22-13)11-8-18(6-7-18)9-21-28(11,16)27/h4-5,11,21,27H,6-9H2,1-3H3,(H,23,24)(H,25,26)/t11-,17+/m1/s1. The minimum Gasteiger partial charge on any atom is -0.465 e. The number of pyridine rings is 1. The number of hydrogen-bond donors (Lipinski definition) is 4. The van der Waals surface area contributed by atoms with Gasteiger partial charge in [0.05, 0.1) is 10.00 Å². The highest BCUT2D eigenvalue weighted by atomic mass is 79.9. The fourth-order valence-electron chi connectivity index (χ4n) is 4.42. The first-order chi connectivity index (χ1) is 12.9. The highest BCUT2D eigenvalue weighted by Crippen LogP contribution is 2.71. The van der Waals surface area contributed by atoms with Gasteiger partial charge in [-0.1, -0.05) is 10.5 Å². The van der Waals surface area contributed by atoms with E-state index in [0.29, 0.717) is 17.6 Å². The third kappa shape index (κ3) is 2.79. The predicted octanol–water partition coefficient (Wildman–Crippen LogP) is 3.99. The molecule has 1 aromatic heterocycles. The highest BCUT2D eigenvalue weighted by Gasteiger charge is 2.65. The van der Waals surface area contributed by atoms with E-state index in [1.54, 1.807) is 20.8 Å². The molecular formula is C18H24BrFN4O3S. The van der Waals surface area contributed by atoms with Crippen LogP contribution in [0.25, 0.3) is 0 Å². The molecule has 1 aromatic rings. The highest BCUT2D eigenvalue weighted by molar-refractivity contribution is 9.10. The van der Waals surface area contributed by atoms with Crippen molar-refractivity contribution in [2.75, 3.05) is 6.54 Å². The van der Waals surface area contributed by atoms with Crippen molar-refractivity contribution in [3.05, 3.63) is 28.2 Å². The second kappa shape index (κ2) is 6.13. The molecule has 3 heterocycles. The Morgan fingerprint density at radius 2 is 2.07 bits per heavy atom. The van der Waals surface area contributed by atoms with Crippen LogP contribution in [-0.4, -0.2) is 43.1 Å². The molecule has 1 aliphatic carbocycles. The predicted molar refractivity (Wildman–Crippen MR) is 110 cm³/mol. The van der Waals surface area contributed by atoms with Crippen molar-refractivity contribution in [2.45, 2.75) is 55.6 Å². The van der Waals surface area contributed by atoms with Crippen LogP contribution in [-0.2, 0) is 5.54 Å². The summed E-state index contributed by atoms with van der Waals surface area (Å²) in [6.07, 6.45) is 1.54. The van der Waals surface area contributed by atoms with Gasteiger partial charge in [-0.3, -0.25) is 15.0 Å². The number of nitrogens with one attached hydrogen (secondary N) is 2. The molecule has 28 heavy (non-hydrogen) atoms. The van der Waals surface area contributed by atoms with Crippen LogP contribution < -0.4 is 10.0 Å². The topological polar surface area (TPSA) is 107 Å². The molecule has 1 saturated heterocycles. The number of amides is 1. The van der Waals surface area contributed by atoms with Gasteiger partial charge in [0.1, 0.15) is 27.5 Å². The second-order valence-corrected chi connectivity index (χ2v) is 12.6. The zero-order valence-corrected chi connectivity index (χ0v) is 18.3. The lowest BCUT2D eigenvalue weighted by Crippen LogP contribution is -2.65. The van der Waals surface area contributed by atoms with E-state index in [2.05, 4.69) is 31.0 Å². The molecule has 0 aromatic carbocycles. The van der Waals surface area contributed by atoms with Gasteiger partial charge in [0.15, 0.2) is 0 Å². The number of carboxylic acid groups (broad SMARTS) is 1. The molecule has 3 aliphatic rings. The van der Waals surface area contributed by atoms with Gasteiger partial charge in [-0.15, -0.1) is 0 Å². The lowest BCUT2D eigenvalue weighted by Gasteiger charge is -2.62. The number of rotatable bonds is 1. The van der Waals surface area contributed by atoms with Gasteiger partial charge >= 0.3 is 6.09 Å². The third-order valence-corrected chi connectivity index (χ3v) is 10.7. The molecule has 2 aliphatic heterocycles. The molecule has 2 fully saturated rings. The largest absolute Gasteiger partial charge is 0.465 e. The van der Waals surface area contributed by atoms with Crippen LogP contribution in [0.2, 0.25) is 0 Å². The number of hydrogen-bond acceptors (Lipinski definition) is 5. The smallest absolute Gasteiger partial charge is 0.410 e. The van der Waals surface area contributed by atoms with Gasteiger partial charge in [-0.25, -0.2) is 14.2 Å². The van der Waals surface area contributed by atoms with Gasteiger partial charge < -0.3 is 9.66 Å². The van der Waals surface area contributed by atoms with Crippen LogP contribution in [0, 0.1) is 11.2 Å². The Kier molecular flexibility index (Phi) is 4.39. The fraction of sp³-hybridized carbons (Fsp3) is 0.611. The maximum absolute atomic E-state index is 14.9. The van der Waals surface area contributed by atoms with Crippen LogP contribution in [0.3, 0.4) is 0 Å². The number of aliphatic imine (C=N–C) groups is 1. The number of carbonyl (C=O) groups is 1. The number of aromatic nitrogens is 1. The fourth-order valence-corrected chi connectivity index (χ4v) is 8.34. The molecule has 4 rings (SSSR count). The van der Waals surface area contributed by atoms with Crippen LogP contribution in [0.15, 0.2) is 21.7 Å². The molecule has 7 nitrogen and oxygen atoms in total. The zero-order chi connectivity index (χ0) is 20.5. The summed E-state index contributed by atoms with van der Waals surface area (Å²) in [6, 6.07) is 2.82. The molecule has 1 saturated carbocycles. The molecule has 1 spiro atoms. The molecule has 0 bridgehead atoms. The third-order valence-electron chi connectivity index (χ3n) is 6.49. The Hall–Kier alpha value is -1.23. The van der Waals surface area contributed by atoms with Crippen LogP contribution in [0.5, 0.6) is 0 Å². The maximum atomic E-state index is 14.9. The van der Waals surface area contributed by atoms with Crippen molar-refractivity contribution in [2.24, 2.45) is 10.4 Å². The molecular weight excluding hydrogens is 451 g/mol. The normalized spacial score (nSPS) is 37.4. The lowest BCUT2D eigenvalue weighted by atomic mass is 9.84. The van der Waals surface area contributed by atoms with Gasteiger partial charge in [-0.2, -0.15) is 0 Å². The zero-order valence-electron chi connectivity index (χ0n) is 15.9. The van der Waals surface area contributed by atoms with E-state index < -0.39 is 37.9 Å². The quantitative estimate of drug-likeness (QED) is 0.460. The SMILES string of the molecule is CC1(C)C(NC(=O)O)=N[C@](C)(c2nc(Br)ccc2F)[C@H]2CC3(CC3)CNS21O. The molecule has 1 unspecified atom stereocenters. The van der Waals surface area contributed by atoms with Crippen molar-refractivity contribution in [3.63, 3.8) is 0 Å². The Labute approximate surface area is 173 Å². The Balaban J connectivity index is 1.95. The van der Waals surface area contributed by atoms with E-state index in [1.165, 1.54) is 12.1 Å². The van der Waals surface area contributed by atoms with E-state index in [-0.39, 0.29) is 16.9 Å². The van der Waals surface area contributed by atoms with Crippen molar-refractivity contribution in [1.82, 2.24) is 15.0 Å². The minimum atomic E-state index is -2.60. The summed E-state index contributed by atoms with van der Waals surface area (Å²) in [4.78, 5) is 20.5. The average Bonchev–Trinajstić information content (AvgIpc) is 3.36. The number of amidine groups is 1. The van der Waals surface area contributed by atoms with Gasteiger partial charge in [0, 0.05) is 6.54 Å². The molecule has 3 atom stereocenters. The molecule has 10 heteroatoms. The van der Waals surface area contributed by atoms with Gasteiger partial charge in [0.2, 0.25) is 0 Å². The van der Waals surface area contributed by atoms with Gasteiger partial charge in [-0.05, 0) is 73.5 Å². The van der Waals surface area contributed by atoms with Crippen molar-refractivity contribution in [3.8, 4) is 0 Å². The van der Waals surface area contributed by atoms with E-state index in [4.69, 9.17) is 4.99 Å². The van der Waals surface area contributed by atoms with Crippen molar-refractivity contribution >= 4 is 38.4 Å². The summed E-state index contributed by atoms with van der Waals surface area (Å²) in [5.74, 6) is -0.405. The van der Waals surface area contributed by atoms with E-state index in [1.807, 2.05) is 0 Å². The summed E-state index contributed by atoms with van der Waals surface area (Å²) in [7, 11) is -2.60. The summed E-state index contributed by atoms with van der Waals surface area (Å²) in [5.41, 5.74) is -1.01. The molecule has 0 radical (unpaired) electrons. The van der Waals surface area contributed by atoms with E-state index in [0.717, 1.165) is 12.8 Å². The summed E-state index contributed by atoms with van der Waals surface area (Å²) in [6.45, 7) is 5.98. The first-order valence-corrected chi connectivity index (χ1v) is 11.6. The monoisotopic (exact) mass is 474 g/mol. The summed E-state index contributed by atoms with van der Waals surface area (Å²) >= 11 is 3.29. The first-order valence-electron chi connectivity index (χ1n) is 9.15.